The summed E-state index contributed by atoms with van der Waals surface area (Å²) in [6, 6.07) is 7.89. The van der Waals surface area contributed by atoms with Crippen molar-refractivity contribution in [2.45, 2.75) is 31.2 Å². The third kappa shape index (κ3) is 4.69. The molecular formula is C20H25N3O4S. The van der Waals surface area contributed by atoms with E-state index in [0.29, 0.717) is 24.8 Å². The molecule has 150 valence electrons. The Hall–Kier alpha value is -2.45. The summed E-state index contributed by atoms with van der Waals surface area (Å²) < 4.78 is 33.3. The SMILES string of the molecule is COc1ccc(S(=O)(=O)NCc2cccnc2)cc1C(=O)N1CCC(C)CC1. The molecule has 28 heavy (non-hydrogen) atoms. The van der Waals surface area contributed by atoms with E-state index in [0.717, 1.165) is 18.4 Å². The lowest BCUT2D eigenvalue weighted by atomic mass is 9.98. The zero-order chi connectivity index (χ0) is 20.1. The summed E-state index contributed by atoms with van der Waals surface area (Å²) in [6.45, 7) is 3.62. The number of nitrogens with one attached hydrogen (secondary N) is 1. The van der Waals surface area contributed by atoms with E-state index >= 15 is 0 Å². The second-order valence-electron chi connectivity index (χ2n) is 7.02. The number of rotatable bonds is 6. The number of nitrogens with zero attached hydrogens (tertiary/aromatic N) is 2. The maximum atomic E-state index is 13.0. The highest BCUT2D eigenvalue weighted by Gasteiger charge is 2.26. The molecule has 0 radical (unpaired) electrons. The number of carbonyl (C=O) groups is 1. The first-order chi connectivity index (χ1) is 13.4. The number of amides is 1. The van der Waals surface area contributed by atoms with E-state index in [-0.39, 0.29) is 22.9 Å². The van der Waals surface area contributed by atoms with Crippen LogP contribution >= 0.6 is 0 Å². The molecule has 1 aliphatic rings. The fourth-order valence-corrected chi connectivity index (χ4v) is 4.21. The molecule has 1 amide bonds. The number of ether oxygens (including phenoxy) is 1. The number of aromatic nitrogens is 1. The second kappa shape index (κ2) is 8.70. The number of likely N-dealkylation sites (tertiary alicyclic amines) is 1. The minimum atomic E-state index is -3.78. The van der Waals surface area contributed by atoms with Crippen molar-refractivity contribution in [1.29, 1.82) is 0 Å². The van der Waals surface area contributed by atoms with E-state index in [1.54, 1.807) is 29.4 Å². The molecule has 1 saturated heterocycles. The molecule has 1 aromatic heterocycles. The minimum absolute atomic E-state index is 0.0333. The molecule has 0 saturated carbocycles. The van der Waals surface area contributed by atoms with Crippen LogP contribution in [-0.2, 0) is 16.6 Å². The quantitative estimate of drug-likeness (QED) is 0.800. The van der Waals surface area contributed by atoms with Gasteiger partial charge in [0.25, 0.3) is 5.91 Å². The van der Waals surface area contributed by atoms with E-state index in [1.807, 2.05) is 0 Å². The van der Waals surface area contributed by atoms with Crippen molar-refractivity contribution in [2.75, 3.05) is 20.2 Å². The molecule has 0 atom stereocenters. The van der Waals surface area contributed by atoms with Gasteiger partial charge in [0, 0.05) is 32.0 Å². The van der Waals surface area contributed by atoms with Crippen LogP contribution in [0.3, 0.4) is 0 Å². The number of piperidine rings is 1. The van der Waals surface area contributed by atoms with Crippen LogP contribution in [0, 0.1) is 5.92 Å². The third-order valence-corrected chi connectivity index (χ3v) is 6.37. The Labute approximate surface area is 165 Å². The molecule has 0 spiro atoms. The van der Waals surface area contributed by atoms with Crippen LogP contribution in [0.15, 0.2) is 47.6 Å². The van der Waals surface area contributed by atoms with Crippen LogP contribution in [0.25, 0.3) is 0 Å². The maximum absolute atomic E-state index is 13.0. The van der Waals surface area contributed by atoms with E-state index < -0.39 is 10.0 Å². The first-order valence-corrected chi connectivity index (χ1v) is 10.7. The second-order valence-corrected chi connectivity index (χ2v) is 8.79. The molecule has 3 rings (SSSR count). The highest BCUT2D eigenvalue weighted by atomic mass is 32.2. The van der Waals surface area contributed by atoms with Crippen LogP contribution in [0.5, 0.6) is 5.75 Å². The zero-order valence-corrected chi connectivity index (χ0v) is 16.9. The Balaban J connectivity index is 1.82. The highest BCUT2D eigenvalue weighted by molar-refractivity contribution is 7.89. The summed E-state index contributed by atoms with van der Waals surface area (Å²) in [4.78, 5) is 18.7. The highest BCUT2D eigenvalue weighted by Crippen LogP contribution is 2.26. The van der Waals surface area contributed by atoms with Crippen molar-refractivity contribution >= 4 is 15.9 Å². The van der Waals surface area contributed by atoms with E-state index in [9.17, 15) is 13.2 Å². The normalized spacial score (nSPS) is 15.4. The van der Waals surface area contributed by atoms with Gasteiger partial charge < -0.3 is 9.64 Å². The summed E-state index contributed by atoms with van der Waals surface area (Å²) in [5.41, 5.74) is 1.01. The zero-order valence-electron chi connectivity index (χ0n) is 16.1. The predicted molar refractivity (Wildman–Crippen MR) is 106 cm³/mol. The Kier molecular flexibility index (Phi) is 6.31. The molecule has 0 aliphatic carbocycles. The summed E-state index contributed by atoms with van der Waals surface area (Å²) >= 11 is 0. The summed E-state index contributed by atoms with van der Waals surface area (Å²) in [7, 11) is -2.31. The standard InChI is InChI=1S/C20H25N3O4S/c1-15-7-10-23(11-8-15)20(24)18-12-17(5-6-19(18)27-2)28(25,26)22-14-16-4-3-9-21-13-16/h3-6,9,12-13,15,22H,7-8,10-11,14H2,1-2H3. The number of methoxy groups -OCH3 is 1. The van der Waals surface area contributed by atoms with Crippen molar-refractivity contribution in [3.05, 3.63) is 53.9 Å². The Morgan fingerprint density at radius 3 is 2.68 bits per heavy atom. The predicted octanol–water partition coefficient (Wildman–Crippen LogP) is 2.44. The number of sulfonamides is 1. The van der Waals surface area contributed by atoms with Gasteiger partial charge in [0.05, 0.1) is 17.6 Å². The summed E-state index contributed by atoms with van der Waals surface area (Å²) in [5, 5.41) is 0. The maximum Gasteiger partial charge on any atom is 0.257 e. The molecule has 2 aromatic rings. The number of benzene rings is 1. The van der Waals surface area contributed by atoms with Gasteiger partial charge in [-0.15, -0.1) is 0 Å². The van der Waals surface area contributed by atoms with Crippen molar-refractivity contribution in [3.63, 3.8) is 0 Å². The fourth-order valence-electron chi connectivity index (χ4n) is 3.17. The van der Waals surface area contributed by atoms with Crippen molar-refractivity contribution in [2.24, 2.45) is 5.92 Å². The van der Waals surface area contributed by atoms with E-state index in [4.69, 9.17) is 4.74 Å². The molecule has 7 nitrogen and oxygen atoms in total. The van der Waals surface area contributed by atoms with Crippen LogP contribution in [0.4, 0.5) is 0 Å². The lowest BCUT2D eigenvalue weighted by Gasteiger charge is -2.30. The molecule has 0 unspecified atom stereocenters. The number of pyridine rings is 1. The van der Waals surface area contributed by atoms with Gasteiger partial charge in [-0.1, -0.05) is 13.0 Å². The monoisotopic (exact) mass is 403 g/mol. The van der Waals surface area contributed by atoms with Crippen molar-refractivity contribution in [3.8, 4) is 5.75 Å². The number of hydrogen-bond donors (Lipinski definition) is 1. The first-order valence-electron chi connectivity index (χ1n) is 9.26. The Morgan fingerprint density at radius 2 is 2.04 bits per heavy atom. The molecule has 1 fully saturated rings. The van der Waals surface area contributed by atoms with Gasteiger partial charge >= 0.3 is 0 Å². The average molecular weight is 404 g/mol. The van der Waals surface area contributed by atoms with Gasteiger partial charge in [0.1, 0.15) is 5.75 Å². The third-order valence-electron chi connectivity index (χ3n) is 4.97. The van der Waals surface area contributed by atoms with Crippen molar-refractivity contribution < 1.29 is 17.9 Å². The molecule has 1 N–H and O–H groups in total. The van der Waals surface area contributed by atoms with Gasteiger partial charge in [-0.2, -0.15) is 0 Å². The Morgan fingerprint density at radius 1 is 1.29 bits per heavy atom. The number of hydrogen-bond acceptors (Lipinski definition) is 5. The molecule has 2 heterocycles. The summed E-state index contributed by atoms with van der Waals surface area (Å²) in [6.07, 6.45) is 5.11. The van der Waals surface area contributed by atoms with Crippen molar-refractivity contribution in [1.82, 2.24) is 14.6 Å². The van der Waals surface area contributed by atoms with Gasteiger partial charge in [0.15, 0.2) is 0 Å². The fraction of sp³-hybridized carbons (Fsp3) is 0.400. The van der Waals surface area contributed by atoms with E-state index in [1.165, 1.54) is 25.3 Å². The Bertz CT molecular complexity index is 924. The van der Waals surface area contributed by atoms with Gasteiger partial charge in [-0.25, -0.2) is 13.1 Å². The average Bonchev–Trinajstić information content (AvgIpc) is 2.72. The van der Waals surface area contributed by atoms with Gasteiger partial charge in [0.2, 0.25) is 10.0 Å². The van der Waals surface area contributed by atoms with Gasteiger partial charge in [-0.05, 0) is 48.6 Å². The molecule has 1 aliphatic heterocycles. The lowest BCUT2D eigenvalue weighted by molar-refractivity contribution is 0.0693. The molecular weight excluding hydrogens is 378 g/mol. The topological polar surface area (TPSA) is 88.6 Å². The van der Waals surface area contributed by atoms with Crippen LogP contribution < -0.4 is 9.46 Å². The van der Waals surface area contributed by atoms with E-state index in [2.05, 4.69) is 16.6 Å². The van der Waals surface area contributed by atoms with Crippen LogP contribution in [-0.4, -0.2) is 44.4 Å². The molecule has 0 bridgehead atoms. The first kappa shape index (κ1) is 20.3. The smallest absolute Gasteiger partial charge is 0.257 e. The number of carbonyl (C=O) groups excluding carboxylic acids is 1. The molecule has 8 heteroatoms. The van der Waals surface area contributed by atoms with Gasteiger partial charge in [-0.3, -0.25) is 9.78 Å². The summed E-state index contributed by atoms with van der Waals surface area (Å²) in [5.74, 6) is 0.761. The minimum Gasteiger partial charge on any atom is -0.496 e. The van der Waals surface area contributed by atoms with Crippen LogP contribution in [0.2, 0.25) is 0 Å². The lowest BCUT2D eigenvalue weighted by Crippen LogP contribution is -2.38. The molecule has 1 aromatic carbocycles. The largest absolute Gasteiger partial charge is 0.496 e. The van der Waals surface area contributed by atoms with Crippen LogP contribution in [0.1, 0.15) is 35.7 Å².